The highest BCUT2D eigenvalue weighted by molar-refractivity contribution is 5.99. The maximum atomic E-state index is 14.0. The molecule has 0 saturated heterocycles. The van der Waals surface area contributed by atoms with Crippen molar-refractivity contribution in [2.45, 2.75) is 58.5 Å². The van der Waals surface area contributed by atoms with Crippen molar-refractivity contribution in [3.05, 3.63) is 83.3 Å². The summed E-state index contributed by atoms with van der Waals surface area (Å²) in [6.07, 6.45) is 4.08. The van der Waals surface area contributed by atoms with Gasteiger partial charge in [0.05, 0.1) is 40.8 Å². The number of nitriles is 2. The Balaban J connectivity index is 1.50. The van der Waals surface area contributed by atoms with Gasteiger partial charge in [-0.05, 0) is 48.4 Å². The lowest BCUT2D eigenvalue weighted by Crippen LogP contribution is -2.26. The summed E-state index contributed by atoms with van der Waals surface area (Å²) in [7, 11) is 0. The average molecular weight is 608 g/mol. The lowest BCUT2D eigenvalue weighted by atomic mass is 9.93. The first-order valence-corrected chi connectivity index (χ1v) is 14.5. The molecule has 3 heterocycles. The molecule has 6 rings (SSSR count). The maximum absolute atomic E-state index is 14.0. The number of rotatable bonds is 9. The van der Waals surface area contributed by atoms with Gasteiger partial charge in [-0.1, -0.05) is 44.2 Å². The molecule has 0 radical (unpaired) electrons. The van der Waals surface area contributed by atoms with Gasteiger partial charge in [-0.15, -0.1) is 5.10 Å². The minimum atomic E-state index is -2.57. The molecule has 1 aliphatic carbocycles. The highest BCUT2D eigenvalue weighted by Gasteiger charge is 2.54. The fraction of sp³-hybridized carbons (Fsp3) is 0.333. The largest absolute Gasteiger partial charge is 0.444 e. The first kappa shape index (κ1) is 29.7. The lowest BCUT2D eigenvalue weighted by Gasteiger charge is -2.23. The standard InChI is InChI=1S/C33H31F2N9O/c1-19-23(27-15-38-18-45-27)6-5-7-24(19)30(26-16-44(43-42-26)33(8-9-33)31(34)35)41-22-10-20(12-36)28-25(11-22)29(21(13-37)14-39-28)40-17-32(2,3)4/h5-7,10-11,14-16,18,30-31,41H,8-9,17H2,1-4H3,(H,39,40)/t30-/m0/s1. The molecule has 45 heavy (non-hydrogen) atoms. The number of nitrogens with zero attached hydrogens (tertiary/aromatic N) is 7. The van der Waals surface area contributed by atoms with Crippen molar-refractivity contribution in [1.82, 2.24) is 25.0 Å². The van der Waals surface area contributed by atoms with Crippen LogP contribution in [-0.4, -0.2) is 37.9 Å². The molecule has 228 valence electrons. The molecule has 12 heteroatoms. The molecule has 0 unspecified atom stereocenters. The molecule has 0 bridgehead atoms. The predicted molar refractivity (Wildman–Crippen MR) is 164 cm³/mol. The number of hydrogen-bond acceptors (Lipinski definition) is 9. The number of halogens is 2. The van der Waals surface area contributed by atoms with Crippen LogP contribution in [0.2, 0.25) is 0 Å². The van der Waals surface area contributed by atoms with Crippen LogP contribution in [0.15, 0.2) is 59.7 Å². The molecular formula is C33H31F2N9O. The van der Waals surface area contributed by atoms with Crippen LogP contribution < -0.4 is 10.6 Å². The van der Waals surface area contributed by atoms with E-state index < -0.39 is 18.0 Å². The molecular weight excluding hydrogens is 576 g/mol. The van der Waals surface area contributed by atoms with Gasteiger partial charge in [0.15, 0.2) is 12.2 Å². The van der Waals surface area contributed by atoms with E-state index in [0.29, 0.717) is 64.2 Å². The highest BCUT2D eigenvalue weighted by Crippen LogP contribution is 2.48. The zero-order chi connectivity index (χ0) is 31.9. The third kappa shape index (κ3) is 5.55. The van der Waals surface area contributed by atoms with E-state index in [2.05, 4.69) is 63.8 Å². The van der Waals surface area contributed by atoms with Crippen molar-refractivity contribution in [2.24, 2.45) is 5.41 Å². The Hall–Kier alpha value is -5.36. The van der Waals surface area contributed by atoms with Crippen molar-refractivity contribution in [3.8, 4) is 23.5 Å². The monoisotopic (exact) mass is 607 g/mol. The van der Waals surface area contributed by atoms with Gasteiger partial charge in [-0.2, -0.15) is 10.5 Å². The molecule has 0 amide bonds. The normalized spacial score (nSPS) is 14.6. The number of aromatic nitrogens is 5. The summed E-state index contributed by atoms with van der Waals surface area (Å²) >= 11 is 0. The maximum Gasteiger partial charge on any atom is 0.263 e. The van der Waals surface area contributed by atoms with Crippen molar-refractivity contribution >= 4 is 22.3 Å². The van der Waals surface area contributed by atoms with Crippen LogP contribution in [0.3, 0.4) is 0 Å². The van der Waals surface area contributed by atoms with Crippen LogP contribution in [0.4, 0.5) is 20.2 Å². The molecule has 2 N–H and O–H groups in total. The van der Waals surface area contributed by atoms with E-state index in [4.69, 9.17) is 4.42 Å². The van der Waals surface area contributed by atoms with Crippen LogP contribution in [0.25, 0.3) is 22.2 Å². The van der Waals surface area contributed by atoms with Gasteiger partial charge >= 0.3 is 0 Å². The third-order valence-electron chi connectivity index (χ3n) is 8.13. The summed E-state index contributed by atoms with van der Waals surface area (Å²) in [6.45, 7) is 8.75. The summed E-state index contributed by atoms with van der Waals surface area (Å²) in [5.74, 6) is 0.577. The number of hydrogen-bond donors (Lipinski definition) is 2. The minimum Gasteiger partial charge on any atom is -0.444 e. The van der Waals surface area contributed by atoms with Crippen LogP contribution in [0.1, 0.15) is 67.6 Å². The van der Waals surface area contributed by atoms with Gasteiger partial charge in [-0.25, -0.2) is 18.4 Å². The van der Waals surface area contributed by atoms with E-state index in [0.717, 1.165) is 16.7 Å². The molecule has 5 aromatic rings. The Morgan fingerprint density at radius 2 is 1.89 bits per heavy atom. The summed E-state index contributed by atoms with van der Waals surface area (Å²) in [4.78, 5) is 8.50. The average Bonchev–Trinajstić information content (AvgIpc) is 3.39. The molecule has 1 atom stereocenters. The van der Waals surface area contributed by atoms with Crippen LogP contribution >= 0.6 is 0 Å². The molecule has 1 saturated carbocycles. The summed E-state index contributed by atoms with van der Waals surface area (Å²) in [5, 5.41) is 36.0. The zero-order valence-electron chi connectivity index (χ0n) is 25.3. The third-order valence-corrected chi connectivity index (χ3v) is 8.13. The molecule has 1 aliphatic rings. The lowest BCUT2D eigenvalue weighted by molar-refractivity contribution is 0.0593. The second kappa shape index (κ2) is 11.3. The molecule has 10 nitrogen and oxygen atoms in total. The second-order valence-electron chi connectivity index (χ2n) is 12.6. The number of alkyl halides is 2. The number of pyridine rings is 1. The molecule has 3 aromatic heterocycles. The van der Waals surface area contributed by atoms with Crippen LogP contribution in [0, 0.1) is 35.0 Å². The van der Waals surface area contributed by atoms with Gasteiger partial charge in [0.2, 0.25) is 0 Å². The van der Waals surface area contributed by atoms with Crippen molar-refractivity contribution in [3.63, 3.8) is 0 Å². The van der Waals surface area contributed by atoms with Gasteiger partial charge in [0.1, 0.15) is 23.4 Å². The van der Waals surface area contributed by atoms with E-state index in [9.17, 15) is 19.3 Å². The summed E-state index contributed by atoms with van der Waals surface area (Å²) < 4.78 is 34.8. The molecule has 2 aromatic carbocycles. The van der Waals surface area contributed by atoms with Gasteiger partial charge in [-0.3, -0.25) is 4.98 Å². The Morgan fingerprint density at radius 3 is 2.53 bits per heavy atom. The smallest absolute Gasteiger partial charge is 0.263 e. The number of nitrogens with one attached hydrogen (secondary N) is 2. The SMILES string of the molecule is Cc1c(-c2cnco2)cccc1[C@H](Nc1cc(C#N)c2ncc(C#N)c(NCC(C)(C)C)c2c1)c1cn(C2(C(F)F)CC2)nn1. The van der Waals surface area contributed by atoms with Crippen LogP contribution in [-0.2, 0) is 5.54 Å². The number of oxazole rings is 1. The Kier molecular flexibility index (Phi) is 7.45. The quantitative estimate of drug-likeness (QED) is 0.182. The first-order chi connectivity index (χ1) is 21.5. The van der Waals surface area contributed by atoms with E-state index in [1.165, 1.54) is 17.3 Å². The van der Waals surface area contributed by atoms with Crippen molar-refractivity contribution in [1.29, 1.82) is 10.5 Å². The topological polar surface area (TPSA) is 141 Å². The van der Waals surface area contributed by atoms with Crippen molar-refractivity contribution in [2.75, 3.05) is 17.2 Å². The Morgan fingerprint density at radius 1 is 1.11 bits per heavy atom. The van der Waals surface area contributed by atoms with Crippen LogP contribution in [0.5, 0.6) is 0 Å². The Bertz CT molecular complexity index is 1960. The number of benzene rings is 2. The van der Waals surface area contributed by atoms with Gasteiger partial charge in [0.25, 0.3) is 6.43 Å². The Labute approximate surface area is 258 Å². The van der Waals surface area contributed by atoms with Gasteiger partial charge < -0.3 is 15.1 Å². The van der Waals surface area contributed by atoms with E-state index >= 15 is 0 Å². The second-order valence-corrected chi connectivity index (χ2v) is 12.6. The minimum absolute atomic E-state index is 0.0869. The van der Waals surface area contributed by atoms with E-state index in [1.807, 2.05) is 31.2 Å². The summed E-state index contributed by atoms with van der Waals surface area (Å²) in [5.41, 5.74) is 3.70. The molecule has 0 spiro atoms. The first-order valence-electron chi connectivity index (χ1n) is 14.5. The highest BCUT2D eigenvalue weighted by atomic mass is 19.3. The predicted octanol–water partition coefficient (Wildman–Crippen LogP) is 6.95. The van der Waals surface area contributed by atoms with E-state index in [-0.39, 0.29) is 5.41 Å². The zero-order valence-corrected chi connectivity index (χ0v) is 25.3. The summed E-state index contributed by atoms with van der Waals surface area (Å²) in [6, 6.07) is 13.0. The molecule has 0 aliphatic heterocycles. The fourth-order valence-electron chi connectivity index (χ4n) is 5.46. The molecule has 1 fully saturated rings. The fourth-order valence-corrected chi connectivity index (χ4v) is 5.46. The van der Waals surface area contributed by atoms with Crippen molar-refractivity contribution < 1.29 is 13.2 Å². The van der Waals surface area contributed by atoms with E-state index in [1.54, 1.807) is 18.5 Å². The number of fused-ring (bicyclic) bond motifs is 1. The van der Waals surface area contributed by atoms with Gasteiger partial charge in [0, 0.05) is 29.4 Å². The number of anilines is 2.